The highest BCUT2D eigenvalue weighted by molar-refractivity contribution is 5.93. The lowest BCUT2D eigenvalue weighted by molar-refractivity contribution is -0.910. The number of benzene rings is 1. The largest absolute Gasteiger partial charge is 0.350 e. The summed E-state index contributed by atoms with van der Waals surface area (Å²) in [5, 5.41) is 2.95. The van der Waals surface area contributed by atoms with Crippen LogP contribution in [0, 0.1) is 0 Å². The van der Waals surface area contributed by atoms with E-state index in [4.69, 9.17) is 0 Å². The van der Waals surface area contributed by atoms with Crippen molar-refractivity contribution in [2.45, 2.75) is 18.9 Å². The van der Waals surface area contributed by atoms with Crippen molar-refractivity contribution < 1.29 is 9.69 Å². The van der Waals surface area contributed by atoms with Crippen LogP contribution in [-0.4, -0.2) is 33.5 Å². The van der Waals surface area contributed by atoms with E-state index in [2.05, 4.69) is 45.2 Å². The number of imidazole rings is 1. The number of quaternary nitrogens is 1. The fraction of sp³-hybridized carbons (Fsp3) is 0.333. The molecule has 0 aliphatic carbocycles. The van der Waals surface area contributed by atoms with Crippen molar-refractivity contribution in [1.29, 1.82) is 0 Å². The zero-order chi connectivity index (χ0) is 17.4. The van der Waals surface area contributed by atoms with Crippen LogP contribution in [0.1, 0.15) is 24.6 Å². The third-order valence-electron chi connectivity index (χ3n) is 5.01. The maximum atomic E-state index is 12.5. The first-order valence-electron chi connectivity index (χ1n) is 8.58. The summed E-state index contributed by atoms with van der Waals surface area (Å²) in [5.74, 6) is -0.00616. The molecule has 7 heteroatoms. The second-order valence-corrected chi connectivity index (χ2v) is 6.71. The predicted octanol–water partition coefficient (Wildman–Crippen LogP) is 0.553. The molecule has 0 spiro atoms. The molecule has 2 aromatic heterocycles. The number of H-pyrrole nitrogens is 2. The van der Waals surface area contributed by atoms with Gasteiger partial charge in [0.2, 0.25) is 0 Å². The first-order valence-corrected chi connectivity index (χ1v) is 8.58. The fourth-order valence-electron chi connectivity index (χ4n) is 3.84. The Bertz CT molecular complexity index is 967. The van der Waals surface area contributed by atoms with Crippen molar-refractivity contribution in [3.05, 3.63) is 52.7 Å². The Kier molecular flexibility index (Phi) is 3.93. The quantitative estimate of drug-likeness (QED) is 0.559. The molecule has 1 fully saturated rings. The summed E-state index contributed by atoms with van der Waals surface area (Å²) in [6.07, 6.45) is 4.30. The highest BCUT2D eigenvalue weighted by Crippen LogP contribution is 2.19. The Morgan fingerprint density at radius 2 is 2.16 bits per heavy atom. The maximum Gasteiger partial charge on any atom is 0.323 e. The summed E-state index contributed by atoms with van der Waals surface area (Å²) in [5.41, 5.74) is 3.16. The predicted molar refractivity (Wildman–Crippen MR) is 95.6 cm³/mol. The third-order valence-corrected chi connectivity index (χ3v) is 5.01. The van der Waals surface area contributed by atoms with Gasteiger partial charge in [-0.15, -0.1) is 0 Å². The minimum Gasteiger partial charge on any atom is -0.350 e. The molecule has 1 aromatic carbocycles. The molecule has 2 atom stereocenters. The molecule has 0 bridgehead atoms. The number of carbonyl (C=O) groups excluding carboxylic acids is 1. The van der Waals surface area contributed by atoms with Crippen molar-refractivity contribution in [2.75, 3.05) is 18.4 Å². The minimum absolute atomic E-state index is 0.00616. The third kappa shape index (κ3) is 3.10. The molecular formula is C18H22N5O2+. The van der Waals surface area contributed by atoms with Gasteiger partial charge in [0.25, 0.3) is 5.91 Å². The molecular weight excluding hydrogens is 318 g/mol. The number of aryl methyl sites for hydroxylation is 1. The van der Waals surface area contributed by atoms with Gasteiger partial charge in [0.05, 0.1) is 23.3 Å². The smallest absolute Gasteiger partial charge is 0.323 e. The highest BCUT2D eigenvalue weighted by Gasteiger charge is 2.32. The number of nitrogens with one attached hydrogen (secondary N) is 4. The molecule has 130 valence electrons. The molecule has 3 aromatic rings. The van der Waals surface area contributed by atoms with Gasteiger partial charge in [-0.05, 0) is 30.3 Å². The van der Waals surface area contributed by atoms with Crippen LogP contribution in [-0.2, 0) is 11.8 Å². The first kappa shape index (κ1) is 15.7. The van der Waals surface area contributed by atoms with E-state index in [1.165, 1.54) is 10.6 Å². The second kappa shape index (κ2) is 6.25. The van der Waals surface area contributed by atoms with Crippen molar-refractivity contribution in [2.24, 2.45) is 7.05 Å². The molecule has 1 saturated heterocycles. The van der Waals surface area contributed by atoms with Crippen LogP contribution in [0.2, 0.25) is 0 Å². The number of carbonyl (C=O) groups is 1. The lowest BCUT2D eigenvalue weighted by Gasteiger charge is -2.21. The number of anilines is 1. The summed E-state index contributed by atoms with van der Waals surface area (Å²) in [6, 6.07) is 9.94. The van der Waals surface area contributed by atoms with Gasteiger partial charge in [-0.25, -0.2) is 4.79 Å². The molecule has 0 saturated carbocycles. The van der Waals surface area contributed by atoms with Gasteiger partial charge in [-0.1, -0.05) is 0 Å². The van der Waals surface area contributed by atoms with Crippen molar-refractivity contribution in [3.63, 3.8) is 0 Å². The average Bonchev–Trinajstić information content (AvgIpc) is 3.26. The topological polar surface area (TPSA) is 87.1 Å². The van der Waals surface area contributed by atoms with Crippen LogP contribution in [0.4, 0.5) is 5.69 Å². The number of amides is 1. The van der Waals surface area contributed by atoms with Crippen molar-refractivity contribution >= 4 is 22.6 Å². The Balaban J connectivity index is 1.45. The number of likely N-dealkylation sites (tertiary alicyclic amines) is 1. The van der Waals surface area contributed by atoms with Gasteiger partial charge in [0, 0.05) is 31.8 Å². The number of rotatable bonds is 4. The molecule has 0 radical (unpaired) electrons. The summed E-state index contributed by atoms with van der Waals surface area (Å²) in [4.78, 5) is 30.5. The van der Waals surface area contributed by atoms with Gasteiger partial charge in [-0.3, -0.25) is 4.79 Å². The SMILES string of the molecule is Cn1cccc1[C@H]1CCC[NH+]1CC(=O)Nc1ccc2[nH]c(=O)[nH]c2c1. The van der Waals surface area contributed by atoms with E-state index in [1.54, 1.807) is 18.2 Å². The molecule has 1 aliphatic rings. The molecule has 7 nitrogen and oxygen atoms in total. The van der Waals surface area contributed by atoms with Gasteiger partial charge < -0.3 is 24.8 Å². The number of hydrogen-bond donors (Lipinski definition) is 4. The van der Waals surface area contributed by atoms with Gasteiger partial charge >= 0.3 is 5.69 Å². The highest BCUT2D eigenvalue weighted by atomic mass is 16.2. The molecule has 4 rings (SSSR count). The van der Waals surface area contributed by atoms with Crippen LogP contribution in [0.25, 0.3) is 11.0 Å². The second-order valence-electron chi connectivity index (χ2n) is 6.71. The average molecular weight is 340 g/mol. The van der Waals surface area contributed by atoms with Crippen molar-refractivity contribution in [3.8, 4) is 0 Å². The number of fused-ring (bicyclic) bond motifs is 1. The van der Waals surface area contributed by atoms with Crippen LogP contribution < -0.4 is 15.9 Å². The van der Waals surface area contributed by atoms with E-state index in [9.17, 15) is 9.59 Å². The fourth-order valence-corrected chi connectivity index (χ4v) is 3.84. The van der Waals surface area contributed by atoms with Crippen molar-refractivity contribution in [1.82, 2.24) is 14.5 Å². The van der Waals surface area contributed by atoms with Gasteiger partial charge in [0.15, 0.2) is 6.54 Å². The lowest BCUT2D eigenvalue weighted by atomic mass is 10.1. The van der Waals surface area contributed by atoms with Crippen LogP contribution in [0.5, 0.6) is 0 Å². The van der Waals surface area contributed by atoms with E-state index >= 15 is 0 Å². The lowest BCUT2D eigenvalue weighted by Crippen LogP contribution is -3.11. The molecule has 1 unspecified atom stereocenters. The number of hydrogen-bond acceptors (Lipinski definition) is 2. The Labute approximate surface area is 144 Å². The van der Waals surface area contributed by atoms with E-state index < -0.39 is 0 Å². The standard InChI is InChI=1S/C18H21N5O2/c1-22-8-2-4-15(22)16-5-3-9-23(16)11-17(24)19-12-6-7-13-14(10-12)21-18(25)20-13/h2,4,6-8,10,16H,3,5,9,11H2,1H3,(H,19,24)(H2,20,21,25)/p+1/t16-/m1/s1. The number of aromatic amines is 2. The summed E-state index contributed by atoms with van der Waals surface area (Å²) in [6.45, 7) is 1.45. The zero-order valence-electron chi connectivity index (χ0n) is 14.1. The van der Waals surface area contributed by atoms with Crippen LogP contribution in [0.15, 0.2) is 41.3 Å². The van der Waals surface area contributed by atoms with Crippen LogP contribution >= 0.6 is 0 Å². The maximum absolute atomic E-state index is 12.5. The van der Waals surface area contributed by atoms with E-state index in [0.717, 1.165) is 24.9 Å². The van der Waals surface area contributed by atoms with Gasteiger partial charge in [-0.2, -0.15) is 0 Å². The van der Waals surface area contributed by atoms with Gasteiger partial charge in [0.1, 0.15) is 6.04 Å². The Hall–Kier alpha value is -2.80. The van der Waals surface area contributed by atoms with E-state index in [1.807, 2.05) is 0 Å². The van der Waals surface area contributed by atoms with Crippen LogP contribution in [0.3, 0.4) is 0 Å². The number of nitrogens with zero attached hydrogens (tertiary/aromatic N) is 1. The summed E-state index contributed by atoms with van der Waals surface area (Å²) >= 11 is 0. The normalized spacial score (nSPS) is 20.2. The molecule has 4 N–H and O–H groups in total. The Morgan fingerprint density at radius 1 is 1.32 bits per heavy atom. The number of aromatic nitrogens is 3. The first-order chi connectivity index (χ1) is 12.1. The zero-order valence-corrected chi connectivity index (χ0v) is 14.1. The van der Waals surface area contributed by atoms with E-state index in [0.29, 0.717) is 23.8 Å². The minimum atomic E-state index is -0.245. The monoisotopic (exact) mass is 340 g/mol. The molecule has 25 heavy (non-hydrogen) atoms. The molecule has 1 aliphatic heterocycles. The molecule has 3 heterocycles. The summed E-state index contributed by atoms with van der Waals surface area (Å²) in [7, 11) is 2.05. The Morgan fingerprint density at radius 3 is 2.96 bits per heavy atom. The van der Waals surface area contributed by atoms with E-state index in [-0.39, 0.29) is 11.6 Å². The molecule has 1 amide bonds. The summed E-state index contributed by atoms with van der Waals surface area (Å²) < 4.78 is 2.14.